The van der Waals surface area contributed by atoms with Crippen LogP contribution in [0, 0.1) is 5.92 Å². The zero-order valence-electron chi connectivity index (χ0n) is 14.4. The number of para-hydroxylation sites is 2. The highest BCUT2D eigenvalue weighted by Gasteiger charge is 2.24. The van der Waals surface area contributed by atoms with E-state index in [0.29, 0.717) is 25.4 Å². The molecule has 1 aliphatic rings. The van der Waals surface area contributed by atoms with Gasteiger partial charge in [0.15, 0.2) is 6.61 Å². The fourth-order valence-electron chi connectivity index (χ4n) is 2.44. The molecule has 0 bridgehead atoms. The van der Waals surface area contributed by atoms with Gasteiger partial charge in [-0.1, -0.05) is 26.0 Å². The van der Waals surface area contributed by atoms with Crippen LogP contribution in [0.3, 0.4) is 0 Å². The van der Waals surface area contributed by atoms with E-state index in [-0.39, 0.29) is 18.4 Å². The summed E-state index contributed by atoms with van der Waals surface area (Å²) in [6.45, 7) is 5.61. The number of ether oxygens (including phenoxy) is 1. The number of carbonyl (C=O) groups is 2. The molecule has 1 aromatic rings. The zero-order chi connectivity index (χ0) is 17.4. The summed E-state index contributed by atoms with van der Waals surface area (Å²) >= 11 is 1.82. The number of anilines is 1. The third-order valence-electron chi connectivity index (χ3n) is 3.61. The predicted octanol–water partition coefficient (Wildman–Crippen LogP) is 2.70. The van der Waals surface area contributed by atoms with Crippen molar-refractivity contribution < 1.29 is 14.3 Å². The van der Waals surface area contributed by atoms with Gasteiger partial charge in [-0.05, 0) is 30.2 Å². The van der Waals surface area contributed by atoms with E-state index in [0.717, 1.165) is 29.4 Å². The van der Waals surface area contributed by atoms with Gasteiger partial charge in [-0.15, -0.1) is 0 Å². The van der Waals surface area contributed by atoms with Crippen LogP contribution in [0.4, 0.5) is 5.69 Å². The van der Waals surface area contributed by atoms with E-state index in [1.165, 1.54) is 0 Å². The lowest BCUT2D eigenvalue weighted by molar-refractivity contribution is -0.121. The molecule has 2 amide bonds. The van der Waals surface area contributed by atoms with Crippen LogP contribution in [0.1, 0.15) is 26.7 Å². The Bertz CT molecular complexity index is 563. The molecule has 0 saturated heterocycles. The lowest BCUT2D eigenvalue weighted by Crippen LogP contribution is -2.40. The van der Waals surface area contributed by atoms with Crippen molar-refractivity contribution in [2.45, 2.75) is 26.7 Å². The number of hydrogen-bond donors (Lipinski definition) is 1. The van der Waals surface area contributed by atoms with E-state index >= 15 is 0 Å². The van der Waals surface area contributed by atoms with Crippen molar-refractivity contribution in [3.8, 4) is 5.75 Å². The number of rotatable bonds is 9. The van der Waals surface area contributed by atoms with Gasteiger partial charge < -0.3 is 15.0 Å². The van der Waals surface area contributed by atoms with Crippen LogP contribution in [-0.2, 0) is 9.59 Å². The Morgan fingerprint density at radius 3 is 2.96 bits per heavy atom. The number of hydrogen-bond acceptors (Lipinski definition) is 4. The first-order chi connectivity index (χ1) is 11.6. The van der Waals surface area contributed by atoms with E-state index in [1.54, 1.807) is 4.90 Å². The Balaban J connectivity index is 1.67. The van der Waals surface area contributed by atoms with Crippen LogP contribution < -0.4 is 15.0 Å². The lowest BCUT2D eigenvalue weighted by Gasteiger charge is -2.29. The van der Waals surface area contributed by atoms with Gasteiger partial charge in [0.1, 0.15) is 5.75 Å². The highest BCUT2D eigenvalue weighted by molar-refractivity contribution is 7.99. The summed E-state index contributed by atoms with van der Waals surface area (Å²) in [6, 6.07) is 7.54. The highest BCUT2D eigenvalue weighted by atomic mass is 32.2. The fourth-order valence-corrected chi connectivity index (χ4v) is 3.40. The van der Waals surface area contributed by atoms with E-state index in [4.69, 9.17) is 4.74 Å². The standard InChI is InChI=1S/C18H26N2O3S/c1-14(2)13-24-11-8-17(21)19-9-5-10-20-15-6-3-4-7-16(15)23-12-18(20)22/h3-4,6-7,14H,5,8-13H2,1-2H3,(H,19,21). The molecule has 1 heterocycles. The van der Waals surface area contributed by atoms with Gasteiger partial charge in [0, 0.05) is 25.3 Å². The Morgan fingerprint density at radius 1 is 1.38 bits per heavy atom. The van der Waals surface area contributed by atoms with E-state index in [2.05, 4.69) is 19.2 Å². The second-order valence-corrected chi connectivity index (χ2v) is 7.37. The Labute approximate surface area is 148 Å². The zero-order valence-corrected chi connectivity index (χ0v) is 15.2. The smallest absolute Gasteiger partial charge is 0.265 e. The van der Waals surface area contributed by atoms with Crippen LogP contribution in [0.15, 0.2) is 24.3 Å². The van der Waals surface area contributed by atoms with E-state index < -0.39 is 0 Å². The van der Waals surface area contributed by atoms with E-state index in [1.807, 2.05) is 36.0 Å². The fraction of sp³-hybridized carbons (Fsp3) is 0.556. The summed E-state index contributed by atoms with van der Waals surface area (Å²) in [5.41, 5.74) is 0.810. The number of nitrogens with zero attached hydrogens (tertiary/aromatic N) is 1. The molecule has 2 rings (SSSR count). The van der Waals surface area contributed by atoms with Crippen molar-refractivity contribution in [3.05, 3.63) is 24.3 Å². The van der Waals surface area contributed by atoms with Crippen LogP contribution >= 0.6 is 11.8 Å². The van der Waals surface area contributed by atoms with Crippen LogP contribution in [0.25, 0.3) is 0 Å². The van der Waals surface area contributed by atoms with Crippen molar-refractivity contribution in [1.29, 1.82) is 0 Å². The van der Waals surface area contributed by atoms with Crippen molar-refractivity contribution in [2.24, 2.45) is 5.92 Å². The molecule has 0 aromatic heterocycles. The van der Waals surface area contributed by atoms with Crippen molar-refractivity contribution in [1.82, 2.24) is 5.32 Å². The maximum atomic E-state index is 12.0. The van der Waals surface area contributed by atoms with Crippen LogP contribution in [0.2, 0.25) is 0 Å². The minimum Gasteiger partial charge on any atom is -0.482 e. The van der Waals surface area contributed by atoms with Gasteiger partial charge in [-0.25, -0.2) is 0 Å². The van der Waals surface area contributed by atoms with Crippen molar-refractivity contribution >= 4 is 29.3 Å². The third kappa shape index (κ3) is 5.74. The molecule has 0 unspecified atom stereocenters. The Morgan fingerprint density at radius 2 is 2.17 bits per heavy atom. The number of amides is 2. The van der Waals surface area contributed by atoms with Gasteiger partial charge >= 0.3 is 0 Å². The average molecular weight is 350 g/mol. The van der Waals surface area contributed by atoms with Gasteiger partial charge in [0.2, 0.25) is 5.91 Å². The summed E-state index contributed by atoms with van der Waals surface area (Å²) < 4.78 is 5.42. The molecule has 0 atom stereocenters. The Kier molecular flexibility index (Phi) is 7.43. The molecule has 0 spiro atoms. The first-order valence-electron chi connectivity index (χ1n) is 8.44. The van der Waals surface area contributed by atoms with Crippen molar-refractivity contribution in [3.63, 3.8) is 0 Å². The number of thioether (sulfide) groups is 1. The van der Waals surface area contributed by atoms with Crippen LogP contribution in [-0.4, -0.2) is 43.0 Å². The largest absolute Gasteiger partial charge is 0.482 e. The molecule has 24 heavy (non-hydrogen) atoms. The molecule has 132 valence electrons. The molecule has 0 saturated carbocycles. The summed E-state index contributed by atoms with van der Waals surface area (Å²) in [7, 11) is 0. The molecule has 0 radical (unpaired) electrons. The third-order valence-corrected chi connectivity index (χ3v) is 5.01. The average Bonchev–Trinajstić information content (AvgIpc) is 2.57. The van der Waals surface area contributed by atoms with Crippen LogP contribution in [0.5, 0.6) is 5.75 Å². The van der Waals surface area contributed by atoms with Gasteiger partial charge in [-0.3, -0.25) is 9.59 Å². The SMILES string of the molecule is CC(C)CSCCC(=O)NCCCN1C(=O)COc2ccccc21. The minimum absolute atomic E-state index is 0.0369. The second kappa shape index (κ2) is 9.57. The molecular weight excluding hydrogens is 324 g/mol. The molecule has 1 aliphatic heterocycles. The van der Waals surface area contributed by atoms with Gasteiger partial charge in [0.05, 0.1) is 5.69 Å². The minimum atomic E-state index is -0.0369. The number of carbonyl (C=O) groups excluding carboxylic acids is 2. The first-order valence-corrected chi connectivity index (χ1v) is 9.60. The number of fused-ring (bicyclic) bond motifs is 1. The van der Waals surface area contributed by atoms with Gasteiger partial charge in [-0.2, -0.15) is 11.8 Å². The molecule has 1 aromatic carbocycles. The molecular formula is C18H26N2O3S. The molecule has 0 aliphatic carbocycles. The lowest BCUT2D eigenvalue weighted by atomic mass is 10.2. The predicted molar refractivity (Wildman–Crippen MR) is 98.7 cm³/mol. The highest BCUT2D eigenvalue weighted by Crippen LogP contribution is 2.31. The summed E-state index contributed by atoms with van der Waals surface area (Å²) in [5.74, 6) is 3.39. The molecule has 1 N–H and O–H groups in total. The molecule has 0 fully saturated rings. The number of benzene rings is 1. The second-order valence-electron chi connectivity index (χ2n) is 6.22. The van der Waals surface area contributed by atoms with Crippen molar-refractivity contribution in [2.75, 3.05) is 36.1 Å². The quantitative estimate of drug-likeness (QED) is 0.696. The maximum Gasteiger partial charge on any atom is 0.265 e. The topological polar surface area (TPSA) is 58.6 Å². The summed E-state index contributed by atoms with van der Waals surface area (Å²) in [5, 5.41) is 2.93. The molecule has 5 nitrogen and oxygen atoms in total. The number of nitrogens with one attached hydrogen (secondary N) is 1. The first kappa shape index (κ1) is 18.6. The van der Waals surface area contributed by atoms with E-state index in [9.17, 15) is 9.59 Å². The molecule has 6 heteroatoms. The monoisotopic (exact) mass is 350 g/mol. The summed E-state index contributed by atoms with van der Waals surface area (Å²) in [4.78, 5) is 25.5. The van der Waals surface area contributed by atoms with Gasteiger partial charge in [0.25, 0.3) is 5.91 Å². The maximum absolute atomic E-state index is 12.0. The normalized spacial score (nSPS) is 13.6. The summed E-state index contributed by atoms with van der Waals surface area (Å²) in [6.07, 6.45) is 1.28. The Hall–Kier alpha value is -1.69.